The molecule has 3 aromatic carbocycles. The van der Waals surface area contributed by atoms with Gasteiger partial charge in [-0.05, 0) is 66.2 Å². The first-order chi connectivity index (χ1) is 18.4. The maximum atomic E-state index is 14.2. The molecule has 0 fully saturated rings. The van der Waals surface area contributed by atoms with Gasteiger partial charge in [0.2, 0.25) is 5.95 Å². The van der Waals surface area contributed by atoms with E-state index in [1.807, 2.05) is 31.2 Å². The lowest BCUT2D eigenvalue weighted by atomic mass is 9.94. The molecule has 1 atom stereocenters. The van der Waals surface area contributed by atoms with Crippen molar-refractivity contribution in [2.75, 3.05) is 17.7 Å². The SMILES string of the molecule is COc1cc(C2C(C(=O)Nc3ccc(C)cc3)=C(C)Nc3nnnn32)ccc1OCc1c(F)cccc1Cl. The summed E-state index contributed by atoms with van der Waals surface area (Å²) in [6.07, 6.45) is 0. The van der Waals surface area contributed by atoms with Crippen LogP contribution in [0.2, 0.25) is 5.02 Å². The molecule has 194 valence electrons. The first-order valence-corrected chi connectivity index (χ1v) is 12.1. The lowest BCUT2D eigenvalue weighted by Gasteiger charge is -2.28. The Morgan fingerprint density at radius 1 is 1.13 bits per heavy atom. The number of allylic oxidation sites excluding steroid dienone is 1. The first kappa shape index (κ1) is 25.2. The summed E-state index contributed by atoms with van der Waals surface area (Å²) in [5.74, 6) is 0.400. The largest absolute Gasteiger partial charge is 0.493 e. The predicted octanol–water partition coefficient (Wildman–Crippen LogP) is 5.29. The number of hydrogen-bond acceptors (Lipinski definition) is 7. The number of halogens is 2. The van der Waals surface area contributed by atoms with Crippen LogP contribution in [0.5, 0.6) is 11.5 Å². The van der Waals surface area contributed by atoms with Crippen molar-refractivity contribution in [2.24, 2.45) is 0 Å². The molecule has 4 aromatic rings. The molecule has 0 spiro atoms. The second kappa shape index (κ2) is 10.5. The molecule has 9 nitrogen and oxygen atoms in total. The van der Waals surface area contributed by atoms with E-state index in [2.05, 4.69) is 26.2 Å². The molecule has 11 heteroatoms. The molecule has 1 unspecified atom stereocenters. The van der Waals surface area contributed by atoms with Gasteiger partial charge in [-0.25, -0.2) is 4.39 Å². The van der Waals surface area contributed by atoms with E-state index in [0.29, 0.717) is 40.0 Å². The van der Waals surface area contributed by atoms with Crippen molar-refractivity contribution in [3.63, 3.8) is 0 Å². The smallest absolute Gasteiger partial charge is 0.255 e. The second-order valence-corrected chi connectivity index (χ2v) is 9.14. The molecule has 0 radical (unpaired) electrons. The number of rotatable bonds is 7. The number of tetrazole rings is 1. The molecular formula is C27H24ClFN6O3. The second-order valence-electron chi connectivity index (χ2n) is 8.73. The Morgan fingerprint density at radius 2 is 1.92 bits per heavy atom. The Labute approximate surface area is 223 Å². The Hall–Kier alpha value is -4.44. The van der Waals surface area contributed by atoms with E-state index >= 15 is 0 Å². The summed E-state index contributed by atoms with van der Waals surface area (Å²) in [6.45, 7) is 3.68. The van der Waals surface area contributed by atoms with Gasteiger partial charge in [-0.2, -0.15) is 4.68 Å². The molecule has 0 bridgehead atoms. The van der Waals surface area contributed by atoms with Crippen molar-refractivity contribution >= 4 is 29.1 Å². The number of nitrogens with one attached hydrogen (secondary N) is 2. The van der Waals surface area contributed by atoms with Crippen molar-refractivity contribution in [3.8, 4) is 11.5 Å². The molecule has 5 rings (SSSR count). The summed E-state index contributed by atoms with van der Waals surface area (Å²) in [5, 5.41) is 18.3. The van der Waals surface area contributed by atoms with Crippen LogP contribution in [0.25, 0.3) is 0 Å². The normalized spacial score (nSPS) is 14.5. The fraction of sp³-hybridized carbons (Fsp3) is 0.185. The Balaban J connectivity index is 1.48. The fourth-order valence-corrected chi connectivity index (χ4v) is 4.46. The van der Waals surface area contributed by atoms with Gasteiger partial charge in [-0.3, -0.25) is 4.79 Å². The number of aromatic nitrogens is 4. The maximum absolute atomic E-state index is 14.2. The van der Waals surface area contributed by atoms with Crippen molar-refractivity contribution in [1.29, 1.82) is 0 Å². The van der Waals surface area contributed by atoms with E-state index in [0.717, 1.165) is 5.56 Å². The van der Waals surface area contributed by atoms with Gasteiger partial charge in [-0.1, -0.05) is 46.5 Å². The monoisotopic (exact) mass is 534 g/mol. The van der Waals surface area contributed by atoms with Crippen molar-refractivity contribution in [2.45, 2.75) is 26.5 Å². The van der Waals surface area contributed by atoms with Crippen LogP contribution in [0.4, 0.5) is 16.0 Å². The van der Waals surface area contributed by atoms with E-state index in [1.165, 1.54) is 23.9 Å². The van der Waals surface area contributed by atoms with Crippen LogP contribution in [-0.4, -0.2) is 33.2 Å². The molecule has 1 aromatic heterocycles. The number of carbonyl (C=O) groups is 1. The number of methoxy groups -OCH3 is 1. The number of aryl methyl sites for hydroxylation is 1. The molecule has 2 heterocycles. The van der Waals surface area contributed by atoms with Crippen LogP contribution < -0.4 is 20.1 Å². The van der Waals surface area contributed by atoms with Gasteiger partial charge in [0, 0.05) is 16.9 Å². The molecule has 1 aliphatic heterocycles. The predicted molar refractivity (Wildman–Crippen MR) is 141 cm³/mol. The highest BCUT2D eigenvalue weighted by molar-refractivity contribution is 6.31. The van der Waals surface area contributed by atoms with Gasteiger partial charge in [0.1, 0.15) is 18.5 Å². The molecule has 0 saturated heterocycles. The number of hydrogen-bond donors (Lipinski definition) is 2. The van der Waals surface area contributed by atoms with E-state index in [1.54, 1.807) is 31.2 Å². The third-order valence-corrected chi connectivity index (χ3v) is 6.56. The minimum atomic E-state index is -0.657. The topological polar surface area (TPSA) is 103 Å². The van der Waals surface area contributed by atoms with Gasteiger partial charge >= 0.3 is 0 Å². The molecule has 1 aliphatic rings. The van der Waals surface area contributed by atoms with Crippen molar-refractivity contribution in [3.05, 3.63) is 99.5 Å². The van der Waals surface area contributed by atoms with E-state index < -0.39 is 11.9 Å². The number of anilines is 2. The summed E-state index contributed by atoms with van der Waals surface area (Å²) >= 11 is 6.14. The van der Waals surface area contributed by atoms with E-state index in [-0.39, 0.29) is 23.1 Å². The van der Waals surface area contributed by atoms with Crippen LogP contribution in [-0.2, 0) is 11.4 Å². The Morgan fingerprint density at radius 3 is 2.66 bits per heavy atom. The fourth-order valence-electron chi connectivity index (χ4n) is 4.24. The number of amides is 1. The zero-order chi connectivity index (χ0) is 26.8. The first-order valence-electron chi connectivity index (χ1n) is 11.7. The summed E-state index contributed by atoms with van der Waals surface area (Å²) in [6, 6.07) is 16.5. The molecule has 1 amide bonds. The molecule has 0 aliphatic carbocycles. The average Bonchev–Trinajstić information content (AvgIpc) is 3.37. The van der Waals surface area contributed by atoms with Gasteiger partial charge in [0.25, 0.3) is 5.91 Å². The van der Waals surface area contributed by atoms with Crippen LogP contribution in [0, 0.1) is 12.7 Å². The number of carbonyl (C=O) groups excluding carboxylic acids is 1. The number of fused-ring (bicyclic) bond motifs is 1. The van der Waals surface area contributed by atoms with Crippen molar-refractivity contribution < 1.29 is 18.7 Å². The summed E-state index contributed by atoms with van der Waals surface area (Å²) in [4.78, 5) is 13.5. The third-order valence-electron chi connectivity index (χ3n) is 6.21. The lowest BCUT2D eigenvalue weighted by molar-refractivity contribution is -0.113. The molecular weight excluding hydrogens is 511 g/mol. The van der Waals surface area contributed by atoms with Crippen LogP contribution in [0.1, 0.15) is 29.7 Å². The minimum absolute atomic E-state index is 0.0884. The van der Waals surface area contributed by atoms with Crippen LogP contribution in [0.15, 0.2) is 71.9 Å². The van der Waals surface area contributed by atoms with E-state index in [4.69, 9.17) is 21.1 Å². The third kappa shape index (κ3) is 4.90. The number of nitrogens with zero attached hydrogens (tertiary/aromatic N) is 4. The Kier molecular flexibility index (Phi) is 6.97. The number of benzene rings is 3. The number of ether oxygens (including phenoxy) is 2. The lowest BCUT2D eigenvalue weighted by Crippen LogP contribution is -2.31. The highest BCUT2D eigenvalue weighted by Gasteiger charge is 2.34. The molecule has 38 heavy (non-hydrogen) atoms. The minimum Gasteiger partial charge on any atom is -0.493 e. The maximum Gasteiger partial charge on any atom is 0.255 e. The van der Waals surface area contributed by atoms with Crippen molar-refractivity contribution in [1.82, 2.24) is 20.2 Å². The quantitative estimate of drug-likeness (QED) is 0.332. The molecule has 2 N–H and O–H groups in total. The van der Waals surface area contributed by atoms with Gasteiger partial charge in [0.05, 0.1) is 17.7 Å². The van der Waals surface area contributed by atoms with Crippen LogP contribution in [0.3, 0.4) is 0 Å². The summed E-state index contributed by atoms with van der Waals surface area (Å²) in [7, 11) is 1.50. The summed E-state index contributed by atoms with van der Waals surface area (Å²) < 4.78 is 27.2. The highest BCUT2D eigenvalue weighted by Crippen LogP contribution is 2.39. The Bertz CT molecular complexity index is 1520. The summed E-state index contributed by atoms with van der Waals surface area (Å²) in [5.41, 5.74) is 3.71. The van der Waals surface area contributed by atoms with Gasteiger partial charge in [-0.15, -0.1) is 0 Å². The standard InChI is InChI=1S/C27H24ClFN6O3/c1-15-7-10-18(11-8-15)31-26(36)24-16(2)30-27-32-33-34-35(27)25(24)17-9-12-22(23(13-17)37-3)38-14-19-20(28)5-4-6-21(19)29/h4-13,25H,14H2,1-3H3,(H,31,36)(H,30,32,34). The van der Waals surface area contributed by atoms with Gasteiger partial charge < -0.3 is 20.1 Å². The van der Waals surface area contributed by atoms with Gasteiger partial charge in [0.15, 0.2) is 11.5 Å². The zero-order valence-corrected chi connectivity index (χ0v) is 21.6. The average molecular weight is 535 g/mol. The highest BCUT2D eigenvalue weighted by atomic mass is 35.5. The molecule has 0 saturated carbocycles. The zero-order valence-electron chi connectivity index (χ0n) is 20.8. The van der Waals surface area contributed by atoms with Crippen LogP contribution >= 0.6 is 11.6 Å². The van der Waals surface area contributed by atoms with E-state index in [9.17, 15) is 9.18 Å².